The van der Waals surface area contributed by atoms with Gasteiger partial charge in [0.2, 0.25) is 0 Å². The number of aryl methyl sites for hydroxylation is 2. The standard InChI is InChI=1S/C12H21N5.HI/c1-4-7-14-12(13-2)15-8-5-6-11-9-16-17(3)10-11;/h4,9-10H,1,5-8H2,2-3H3,(H2,13,14,15);1H. The summed E-state index contributed by atoms with van der Waals surface area (Å²) in [5.74, 6) is 0.816. The highest BCUT2D eigenvalue weighted by Gasteiger charge is 1.97. The maximum absolute atomic E-state index is 4.14. The van der Waals surface area contributed by atoms with Gasteiger partial charge in [0, 0.05) is 33.4 Å². The van der Waals surface area contributed by atoms with Gasteiger partial charge in [-0.1, -0.05) is 6.08 Å². The van der Waals surface area contributed by atoms with Crippen LogP contribution >= 0.6 is 24.0 Å². The number of nitrogens with one attached hydrogen (secondary N) is 2. The maximum atomic E-state index is 4.14. The Morgan fingerprint density at radius 2 is 2.33 bits per heavy atom. The fourth-order valence-corrected chi connectivity index (χ4v) is 1.49. The molecule has 0 unspecified atom stereocenters. The average Bonchev–Trinajstić information content (AvgIpc) is 2.74. The predicted octanol–water partition coefficient (Wildman–Crippen LogP) is 1.32. The first-order chi connectivity index (χ1) is 8.26. The Morgan fingerprint density at radius 3 is 2.89 bits per heavy atom. The van der Waals surface area contributed by atoms with Crippen LogP contribution < -0.4 is 10.6 Å². The zero-order chi connectivity index (χ0) is 12.5. The van der Waals surface area contributed by atoms with Crippen LogP contribution in [0.25, 0.3) is 0 Å². The first-order valence-electron chi connectivity index (χ1n) is 5.79. The molecule has 0 aliphatic rings. The van der Waals surface area contributed by atoms with Gasteiger partial charge < -0.3 is 10.6 Å². The van der Waals surface area contributed by atoms with Crippen LogP contribution in [0.3, 0.4) is 0 Å². The zero-order valence-electron chi connectivity index (χ0n) is 11.0. The molecule has 1 aromatic heterocycles. The summed E-state index contributed by atoms with van der Waals surface area (Å²) >= 11 is 0. The third-order valence-electron chi connectivity index (χ3n) is 2.33. The van der Waals surface area contributed by atoms with Crippen molar-refractivity contribution in [1.29, 1.82) is 0 Å². The van der Waals surface area contributed by atoms with Gasteiger partial charge in [-0.3, -0.25) is 9.67 Å². The number of aromatic nitrogens is 2. The summed E-state index contributed by atoms with van der Waals surface area (Å²) in [4.78, 5) is 4.10. The molecule has 1 rings (SSSR count). The molecule has 0 fully saturated rings. The Balaban J connectivity index is 0.00000289. The normalized spacial score (nSPS) is 10.7. The second-order valence-electron chi connectivity index (χ2n) is 3.79. The molecule has 2 N–H and O–H groups in total. The lowest BCUT2D eigenvalue weighted by Gasteiger charge is -2.09. The molecule has 5 nitrogen and oxygen atoms in total. The van der Waals surface area contributed by atoms with E-state index in [0.29, 0.717) is 0 Å². The van der Waals surface area contributed by atoms with Crippen LogP contribution in [0.2, 0.25) is 0 Å². The molecule has 0 saturated heterocycles. The van der Waals surface area contributed by atoms with Crippen molar-refractivity contribution >= 4 is 29.9 Å². The van der Waals surface area contributed by atoms with Crippen LogP contribution in [0.4, 0.5) is 0 Å². The van der Waals surface area contributed by atoms with Crippen LogP contribution in [0.15, 0.2) is 30.0 Å². The first-order valence-corrected chi connectivity index (χ1v) is 5.79. The predicted molar refractivity (Wildman–Crippen MR) is 86.5 cm³/mol. The second-order valence-corrected chi connectivity index (χ2v) is 3.79. The average molecular weight is 363 g/mol. The summed E-state index contributed by atoms with van der Waals surface area (Å²) in [7, 11) is 3.70. The summed E-state index contributed by atoms with van der Waals surface area (Å²) < 4.78 is 1.83. The van der Waals surface area contributed by atoms with E-state index in [2.05, 4.69) is 27.3 Å². The number of hydrogen-bond donors (Lipinski definition) is 2. The van der Waals surface area contributed by atoms with Gasteiger partial charge in [-0.2, -0.15) is 5.10 Å². The van der Waals surface area contributed by atoms with Gasteiger partial charge in [-0.05, 0) is 18.4 Å². The second kappa shape index (κ2) is 9.93. The van der Waals surface area contributed by atoms with Crippen molar-refractivity contribution in [2.75, 3.05) is 20.1 Å². The van der Waals surface area contributed by atoms with Gasteiger partial charge in [-0.25, -0.2) is 0 Å². The first kappa shape index (κ1) is 16.9. The summed E-state index contributed by atoms with van der Waals surface area (Å²) in [6.07, 6.45) is 7.85. The van der Waals surface area contributed by atoms with Crippen molar-refractivity contribution < 1.29 is 0 Å². The van der Waals surface area contributed by atoms with Crippen LogP contribution in [0.1, 0.15) is 12.0 Å². The minimum atomic E-state index is 0. The highest BCUT2D eigenvalue weighted by Crippen LogP contribution is 1.99. The highest BCUT2D eigenvalue weighted by atomic mass is 127. The molecule has 1 heterocycles. The van der Waals surface area contributed by atoms with Crippen molar-refractivity contribution in [2.45, 2.75) is 12.8 Å². The Bertz CT molecular complexity index is 372. The van der Waals surface area contributed by atoms with Crippen molar-refractivity contribution in [3.05, 3.63) is 30.6 Å². The molecule has 6 heteroatoms. The lowest BCUT2D eigenvalue weighted by molar-refractivity contribution is 0.748. The number of nitrogens with zero attached hydrogens (tertiary/aromatic N) is 3. The van der Waals surface area contributed by atoms with Crippen molar-refractivity contribution in [3.8, 4) is 0 Å². The molecule has 0 atom stereocenters. The van der Waals surface area contributed by atoms with Crippen LogP contribution in [0.5, 0.6) is 0 Å². The van der Waals surface area contributed by atoms with E-state index < -0.39 is 0 Å². The van der Waals surface area contributed by atoms with E-state index in [1.54, 1.807) is 7.05 Å². The molecular formula is C12H22IN5. The lowest BCUT2D eigenvalue weighted by atomic mass is 10.2. The fraction of sp³-hybridized carbons (Fsp3) is 0.500. The van der Waals surface area contributed by atoms with Gasteiger partial charge in [0.05, 0.1) is 6.20 Å². The molecule has 0 aliphatic carbocycles. The Morgan fingerprint density at radius 1 is 1.56 bits per heavy atom. The van der Waals surface area contributed by atoms with Gasteiger partial charge in [-0.15, -0.1) is 30.6 Å². The smallest absolute Gasteiger partial charge is 0.191 e. The summed E-state index contributed by atoms with van der Waals surface area (Å²) in [6, 6.07) is 0. The van der Waals surface area contributed by atoms with E-state index in [-0.39, 0.29) is 24.0 Å². The van der Waals surface area contributed by atoms with Crippen molar-refractivity contribution in [1.82, 2.24) is 20.4 Å². The monoisotopic (exact) mass is 363 g/mol. The number of guanidine groups is 1. The third kappa shape index (κ3) is 6.63. The third-order valence-corrected chi connectivity index (χ3v) is 2.33. The minimum absolute atomic E-state index is 0. The van der Waals surface area contributed by atoms with Crippen LogP contribution in [0, 0.1) is 0 Å². The topological polar surface area (TPSA) is 54.2 Å². The van der Waals surface area contributed by atoms with E-state index in [1.807, 2.05) is 30.2 Å². The van der Waals surface area contributed by atoms with Gasteiger partial charge in [0.1, 0.15) is 0 Å². The van der Waals surface area contributed by atoms with E-state index >= 15 is 0 Å². The molecule has 18 heavy (non-hydrogen) atoms. The van der Waals surface area contributed by atoms with Crippen LogP contribution in [-0.4, -0.2) is 35.9 Å². The van der Waals surface area contributed by atoms with Crippen molar-refractivity contribution in [2.24, 2.45) is 12.0 Å². The Hall–Kier alpha value is -1.05. The maximum Gasteiger partial charge on any atom is 0.191 e. The quantitative estimate of drug-likeness (QED) is 0.264. The zero-order valence-corrected chi connectivity index (χ0v) is 13.3. The largest absolute Gasteiger partial charge is 0.356 e. The fourth-order valence-electron chi connectivity index (χ4n) is 1.49. The van der Waals surface area contributed by atoms with Gasteiger partial charge >= 0.3 is 0 Å². The van der Waals surface area contributed by atoms with E-state index in [0.717, 1.165) is 31.9 Å². The highest BCUT2D eigenvalue weighted by molar-refractivity contribution is 14.0. The van der Waals surface area contributed by atoms with Gasteiger partial charge in [0.15, 0.2) is 5.96 Å². The molecule has 102 valence electrons. The SMILES string of the molecule is C=CCNC(=NC)NCCCc1cnn(C)c1.I. The molecule has 0 spiro atoms. The Labute approximate surface area is 126 Å². The molecule has 0 aliphatic heterocycles. The van der Waals surface area contributed by atoms with E-state index in [4.69, 9.17) is 0 Å². The number of hydrogen-bond acceptors (Lipinski definition) is 2. The number of rotatable bonds is 6. The van der Waals surface area contributed by atoms with Gasteiger partial charge in [0.25, 0.3) is 0 Å². The van der Waals surface area contributed by atoms with Crippen LogP contribution in [-0.2, 0) is 13.5 Å². The molecule has 0 bridgehead atoms. The number of halogens is 1. The molecule has 1 aromatic rings. The molecule has 0 aromatic carbocycles. The Kier molecular flexibility index (Phi) is 9.35. The molecule has 0 saturated carbocycles. The lowest BCUT2D eigenvalue weighted by Crippen LogP contribution is -2.37. The summed E-state index contributed by atoms with van der Waals surface area (Å²) in [5.41, 5.74) is 1.27. The number of aliphatic imine (C=N–C) groups is 1. The summed E-state index contributed by atoms with van der Waals surface area (Å²) in [5, 5.41) is 10.5. The summed E-state index contributed by atoms with van der Waals surface area (Å²) in [6.45, 7) is 5.27. The minimum Gasteiger partial charge on any atom is -0.356 e. The molecule has 0 radical (unpaired) electrons. The van der Waals surface area contributed by atoms with E-state index in [9.17, 15) is 0 Å². The van der Waals surface area contributed by atoms with E-state index in [1.165, 1.54) is 5.56 Å². The van der Waals surface area contributed by atoms with Crippen molar-refractivity contribution in [3.63, 3.8) is 0 Å². The molecule has 0 amide bonds. The molecular weight excluding hydrogens is 341 g/mol.